The van der Waals surface area contributed by atoms with Crippen molar-refractivity contribution in [3.63, 3.8) is 0 Å². The Morgan fingerprint density at radius 1 is 0.882 bits per heavy atom. The van der Waals surface area contributed by atoms with Crippen molar-refractivity contribution in [2.24, 2.45) is 0 Å². The molecule has 8 nitrogen and oxygen atoms in total. The number of nitrogen functional groups attached to an aromatic ring is 1. The number of anilines is 1. The van der Waals surface area contributed by atoms with E-state index < -0.39 is 0 Å². The van der Waals surface area contributed by atoms with Crippen LogP contribution in [0.1, 0.15) is 19.4 Å². The molecule has 0 aliphatic rings. The zero-order valence-corrected chi connectivity index (χ0v) is 19.3. The largest absolute Gasteiger partial charge is 0.481 e. The molecule has 0 fully saturated rings. The van der Waals surface area contributed by atoms with E-state index in [2.05, 4.69) is 9.97 Å². The molecule has 0 unspecified atom stereocenters. The Morgan fingerprint density at radius 3 is 2.26 bits per heavy atom. The summed E-state index contributed by atoms with van der Waals surface area (Å²) in [7, 11) is 1.58. The van der Waals surface area contributed by atoms with E-state index in [0.717, 1.165) is 16.8 Å². The molecule has 0 saturated carbocycles. The molecule has 0 radical (unpaired) electrons. The van der Waals surface area contributed by atoms with Crippen LogP contribution in [0.4, 0.5) is 5.82 Å². The summed E-state index contributed by atoms with van der Waals surface area (Å²) in [5, 5.41) is 9.44. The Kier molecular flexibility index (Phi) is 6.79. The van der Waals surface area contributed by atoms with Crippen molar-refractivity contribution in [1.29, 1.82) is 0 Å². The molecular weight excluding hydrogens is 428 g/mol. The Bertz CT molecular complexity index is 1410. The summed E-state index contributed by atoms with van der Waals surface area (Å²) >= 11 is 0. The van der Waals surface area contributed by atoms with E-state index in [-0.39, 0.29) is 6.61 Å². The van der Waals surface area contributed by atoms with Crippen LogP contribution in [0.5, 0.6) is 5.88 Å². The molecule has 0 aliphatic carbocycles. The van der Waals surface area contributed by atoms with Crippen molar-refractivity contribution in [1.82, 2.24) is 24.5 Å². The van der Waals surface area contributed by atoms with Crippen molar-refractivity contribution in [3.8, 4) is 34.2 Å². The van der Waals surface area contributed by atoms with Gasteiger partial charge in [-0.2, -0.15) is 0 Å². The maximum absolute atomic E-state index is 9.44. The molecule has 8 heteroatoms. The van der Waals surface area contributed by atoms with Gasteiger partial charge in [0.05, 0.1) is 30.5 Å². The number of hydrogen-bond donors (Lipinski definition) is 2. The standard InChI is InChI=1S/C24H20N6O2.C2H6/c1-32-24-17(4-2-13-27-24)19-10-11-20-23(28-19)30(16-8-6-15(14-31)7-9-16)22(29-20)18-5-3-12-26-21(18)25;1-2/h2-13,31H,14H2,1H3,(H2,25,26);1-2H3. The fourth-order valence-corrected chi connectivity index (χ4v) is 3.64. The predicted octanol–water partition coefficient (Wildman–Crippen LogP) is 4.65. The van der Waals surface area contributed by atoms with E-state index in [9.17, 15) is 5.11 Å². The molecule has 172 valence electrons. The average Bonchev–Trinajstić information content (AvgIpc) is 3.28. The summed E-state index contributed by atoms with van der Waals surface area (Å²) in [4.78, 5) is 18.2. The first kappa shape index (κ1) is 22.9. The van der Waals surface area contributed by atoms with Crippen molar-refractivity contribution >= 4 is 17.0 Å². The zero-order valence-electron chi connectivity index (χ0n) is 19.3. The second kappa shape index (κ2) is 10.1. The summed E-state index contributed by atoms with van der Waals surface area (Å²) in [6.07, 6.45) is 3.32. The minimum Gasteiger partial charge on any atom is -0.481 e. The first-order valence-electron chi connectivity index (χ1n) is 11.0. The van der Waals surface area contributed by atoms with E-state index in [0.29, 0.717) is 39.9 Å². The second-order valence-corrected chi connectivity index (χ2v) is 7.13. The van der Waals surface area contributed by atoms with Crippen LogP contribution in [-0.4, -0.2) is 36.7 Å². The molecule has 0 bridgehead atoms. The Morgan fingerprint density at radius 2 is 1.59 bits per heavy atom. The topological polar surface area (TPSA) is 112 Å². The normalized spacial score (nSPS) is 10.6. The molecule has 0 spiro atoms. The number of aromatic nitrogens is 5. The fourth-order valence-electron chi connectivity index (χ4n) is 3.64. The highest BCUT2D eigenvalue weighted by Gasteiger charge is 2.19. The number of nitrogens with two attached hydrogens (primary N) is 1. The third-order valence-electron chi connectivity index (χ3n) is 5.20. The molecule has 0 atom stereocenters. The van der Waals surface area contributed by atoms with Crippen LogP contribution in [-0.2, 0) is 6.61 Å². The van der Waals surface area contributed by atoms with Gasteiger partial charge in [0.2, 0.25) is 5.88 Å². The van der Waals surface area contributed by atoms with Crippen LogP contribution >= 0.6 is 0 Å². The quantitative estimate of drug-likeness (QED) is 0.397. The SMILES string of the molecule is CC.COc1ncccc1-c1ccc2nc(-c3cccnc3N)n(-c3ccc(CO)cc3)c2n1. The summed E-state index contributed by atoms with van der Waals surface area (Å²) < 4.78 is 7.36. The monoisotopic (exact) mass is 454 g/mol. The van der Waals surface area contributed by atoms with Gasteiger partial charge in [0.25, 0.3) is 0 Å². The fraction of sp³-hybridized carbons (Fsp3) is 0.154. The zero-order chi connectivity index (χ0) is 24.1. The smallest absolute Gasteiger partial charge is 0.222 e. The number of aliphatic hydroxyl groups excluding tert-OH is 1. The molecule has 1 aromatic carbocycles. The Labute approximate surface area is 197 Å². The lowest BCUT2D eigenvalue weighted by atomic mass is 10.1. The van der Waals surface area contributed by atoms with Crippen molar-refractivity contribution in [3.05, 3.63) is 78.6 Å². The molecule has 3 N–H and O–H groups in total. The number of hydrogen-bond acceptors (Lipinski definition) is 7. The van der Waals surface area contributed by atoms with Gasteiger partial charge in [0, 0.05) is 18.1 Å². The number of methoxy groups -OCH3 is 1. The minimum atomic E-state index is -0.0312. The highest BCUT2D eigenvalue weighted by molar-refractivity contribution is 5.85. The van der Waals surface area contributed by atoms with Gasteiger partial charge >= 0.3 is 0 Å². The van der Waals surface area contributed by atoms with Crippen molar-refractivity contribution in [2.45, 2.75) is 20.5 Å². The lowest BCUT2D eigenvalue weighted by molar-refractivity contribution is 0.282. The van der Waals surface area contributed by atoms with Gasteiger partial charge < -0.3 is 15.6 Å². The van der Waals surface area contributed by atoms with Gasteiger partial charge in [-0.25, -0.2) is 19.9 Å². The number of imidazole rings is 1. The summed E-state index contributed by atoms with van der Waals surface area (Å²) in [6, 6.07) is 18.8. The van der Waals surface area contributed by atoms with Crippen LogP contribution in [0.15, 0.2) is 73.1 Å². The maximum Gasteiger partial charge on any atom is 0.222 e. The second-order valence-electron chi connectivity index (χ2n) is 7.13. The Balaban J connectivity index is 0.00000133. The number of nitrogens with zero attached hydrogens (tertiary/aromatic N) is 5. The van der Waals surface area contributed by atoms with Crippen molar-refractivity contribution in [2.75, 3.05) is 12.8 Å². The summed E-state index contributed by atoms with van der Waals surface area (Å²) in [5.74, 6) is 1.50. The van der Waals surface area contributed by atoms with Crippen LogP contribution < -0.4 is 10.5 Å². The first-order chi connectivity index (χ1) is 16.7. The number of fused-ring (bicyclic) bond motifs is 1. The maximum atomic E-state index is 9.44. The Hall–Kier alpha value is -4.30. The molecule has 0 saturated heterocycles. The molecule has 4 heterocycles. The van der Waals surface area contributed by atoms with Crippen molar-refractivity contribution < 1.29 is 9.84 Å². The molecule has 0 amide bonds. The highest BCUT2D eigenvalue weighted by atomic mass is 16.5. The molecule has 34 heavy (non-hydrogen) atoms. The number of pyridine rings is 3. The van der Waals surface area contributed by atoms with Crippen LogP contribution in [0.25, 0.3) is 39.5 Å². The van der Waals surface area contributed by atoms with E-state index in [1.165, 1.54) is 0 Å². The third kappa shape index (κ3) is 4.18. The third-order valence-corrected chi connectivity index (χ3v) is 5.20. The predicted molar refractivity (Wildman–Crippen MR) is 134 cm³/mol. The molecule has 5 aromatic rings. The van der Waals surface area contributed by atoms with Gasteiger partial charge in [0.1, 0.15) is 11.3 Å². The van der Waals surface area contributed by atoms with Gasteiger partial charge in [0.15, 0.2) is 11.5 Å². The van der Waals surface area contributed by atoms with E-state index >= 15 is 0 Å². The first-order valence-corrected chi connectivity index (χ1v) is 11.0. The van der Waals surface area contributed by atoms with Crippen LogP contribution in [0.2, 0.25) is 0 Å². The lowest BCUT2D eigenvalue weighted by Crippen LogP contribution is -2.02. The van der Waals surface area contributed by atoms with Gasteiger partial charge in [-0.15, -0.1) is 0 Å². The number of ether oxygens (including phenoxy) is 1. The van der Waals surface area contributed by atoms with Crippen LogP contribution in [0.3, 0.4) is 0 Å². The number of rotatable bonds is 5. The van der Waals surface area contributed by atoms with Crippen LogP contribution in [0, 0.1) is 0 Å². The molecular formula is C26H26N6O2. The molecule has 0 aliphatic heterocycles. The molecule has 4 aromatic heterocycles. The van der Waals surface area contributed by atoms with Gasteiger partial charge in [-0.05, 0) is 54.1 Å². The minimum absolute atomic E-state index is 0.0312. The average molecular weight is 455 g/mol. The lowest BCUT2D eigenvalue weighted by Gasteiger charge is -2.11. The summed E-state index contributed by atoms with van der Waals surface area (Å²) in [6.45, 7) is 3.97. The highest BCUT2D eigenvalue weighted by Crippen LogP contribution is 2.33. The molecule has 5 rings (SSSR count). The van der Waals surface area contributed by atoms with E-state index in [4.69, 9.17) is 20.4 Å². The van der Waals surface area contributed by atoms with Gasteiger partial charge in [-0.1, -0.05) is 26.0 Å². The van der Waals surface area contributed by atoms with E-state index in [1.54, 1.807) is 19.5 Å². The number of benzene rings is 1. The van der Waals surface area contributed by atoms with Gasteiger partial charge in [-0.3, -0.25) is 4.57 Å². The summed E-state index contributed by atoms with van der Waals surface area (Å²) in [5.41, 5.74) is 11.4. The van der Waals surface area contributed by atoms with E-state index in [1.807, 2.05) is 79.1 Å². The number of aliphatic hydroxyl groups is 1.